The Labute approximate surface area is 132 Å². The maximum atomic E-state index is 10.9. The Morgan fingerprint density at radius 3 is 2.75 bits per heavy atom. The maximum absolute atomic E-state index is 10.9. The van der Waals surface area contributed by atoms with Crippen LogP contribution in [0.15, 0.2) is 12.3 Å². The number of anilines is 1. The van der Waals surface area contributed by atoms with Crippen molar-refractivity contribution in [2.45, 2.75) is 0 Å². The Bertz CT molecular complexity index is 746. The molecule has 0 bridgehead atoms. The van der Waals surface area contributed by atoms with Crippen LogP contribution in [0.2, 0.25) is 5.02 Å². The third-order valence-electron chi connectivity index (χ3n) is 2.71. The van der Waals surface area contributed by atoms with Crippen molar-refractivity contribution in [3.63, 3.8) is 0 Å². The highest BCUT2D eigenvalue weighted by Crippen LogP contribution is 2.45. The lowest BCUT2D eigenvalue weighted by Gasteiger charge is -2.11. The van der Waals surface area contributed by atoms with Crippen molar-refractivity contribution in [3.8, 4) is 11.3 Å². The lowest BCUT2D eigenvalue weighted by atomic mass is 10.1. The van der Waals surface area contributed by atoms with Gasteiger partial charge >= 0.3 is 0 Å². The number of rotatable bonds is 2. The molecule has 1 heterocycles. The van der Waals surface area contributed by atoms with E-state index in [-0.39, 0.29) is 22.1 Å². The van der Waals surface area contributed by atoms with E-state index < -0.39 is 4.92 Å². The Morgan fingerprint density at radius 1 is 1.65 bits per heavy atom. The first kappa shape index (κ1) is 14.5. The second-order valence-corrected chi connectivity index (χ2v) is 5.39. The molecule has 2 N–H and O–H groups in total. The van der Waals surface area contributed by atoms with Gasteiger partial charge in [-0.05, 0) is 22.6 Å². The van der Waals surface area contributed by atoms with Crippen LogP contribution in [0.4, 0.5) is 17.1 Å². The smallest absolute Gasteiger partial charge is 0.283 e. The molecule has 1 aromatic heterocycles. The molecule has 0 unspecified atom stereocenters. The molecule has 0 radical (unpaired) electrons. The number of benzene rings is 1. The van der Waals surface area contributed by atoms with Crippen molar-refractivity contribution in [2.24, 2.45) is 7.05 Å². The van der Waals surface area contributed by atoms with E-state index in [2.05, 4.69) is 9.94 Å². The molecule has 0 aliphatic rings. The zero-order valence-electron chi connectivity index (χ0n) is 10.1. The minimum absolute atomic E-state index is 0.00767. The van der Waals surface area contributed by atoms with E-state index in [1.54, 1.807) is 17.9 Å². The summed E-state index contributed by atoms with van der Waals surface area (Å²) in [6, 6.07) is 1.13. The zero-order chi connectivity index (χ0) is 15.0. The average Bonchev–Trinajstić information content (AvgIpc) is 2.72. The molecule has 0 amide bonds. The highest BCUT2D eigenvalue weighted by atomic mass is 127. The third kappa shape index (κ3) is 2.19. The molecule has 7 nitrogen and oxygen atoms in total. The van der Waals surface area contributed by atoms with E-state index in [0.29, 0.717) is 11.3 Å². The van der Waals surface area contributed by atoms with Gasteiger partial charge in [0, 0.05) is 18.7 Å². The number of hydrogen-bond donors (Lipinski definition) is 1. The number of hydrogen-bond acceptors (Lipinski definition) is 4. The fourth-order valence-corrected chi connectivity index (χ4v) is 2.82. The summed E-state index contributed by atoms with van der Waals surface area (Å²) in [5, 5.41) is 15.0. The summed E-state index contributed by atoms with van der Waals surface area (Å²) >= 11 is 8.19. The monoisotopic (exact) mass is 403 g/mol. The molecule has 0 aliphatic carbocycles. The van der Waals surface area contributed by atoms with Crippen LogP contribution in [-0.4, -0.2) is 14.7 Å². The van der Waals surface area contributed by atoms with Crippen LogP contribution < -0.4 is 5.73 Å². The lowest BCUT2D eigenvalue weighted by Crippen LogP contribution is -2.01. The van der Waals surface area contributed by atoms with Crippen LogP contribution in [0.25, 0.3) is 16.1 Å². The SMILES string of the molecule is [C-]#[N+]c1cc([N+](=O)[O-])c(N)c(Cl)c1-c1c(I)cnn1C. The van der Waals surface area contributed by atoms with Crippen molar-refractivity contribution < 1.29 is 4.92 Å². The van der Waals surface area contributed by atoms with Gasteiger partial charge in [-0.1, -0.05) is 11.6 Å². The Morgan fingerprint density at radius 2 is 2.30 bits per heavy atom. The summed E-state index contributed by atoms with van der Waals surface area (Å²) in [5.74, 6) is 0. The largest absolute Gasteiger partial charge is 0.392 e. The second kappa shape index (κ2) is 5.26. The minimum atomic E-state index is -0.659. The summed E-state index contributed by atoms with van der Waals surface area (Å²) < 4.78 is 2.31. The van der Waals surface area contributed by atoms with E-state index in [1.807, 2.05) is 22.6 Å². The molecule has 20 heavy (non-hydrogen) atoms. The van der Waals surface area contributed by atoms with Gasteiger partial charge in [0.2, 0.25) is 5.69 Å². The maximum Gasteiger partial charge on any atom is 0.283 e. The van der Waals surface area contributed by atoms with E-state index in [1.165, 1.54) is 0 Å². The fraction of sp³-hybridized carbons (Fsp3) is 0.0909. The van der Waals surface area contributed by atoms with Crippen LogP contribution >= 0.6 is 34.2 Å². The number of nitrogens with zero attached hydrogens (tertiary/aromatic N) is 4. The molecule has 0 saturated heterocycles. The third-order valence-corrected chi connectivity index (χ3v) is 3.89. The van der Waals surface area contributed by atoms with Crippen molar-refractivity contribution in [3.05, 3.63) is 42.4 Å². The van der Waals surface area contributed by atoms with Gasteiger partial charge < -0.3 is 5.73 Å². The summed E-state index contributed by atoms with van der Waals surface area (Å²) in [4.78, 5) is 13.6. The number of nitro groups is 1. The van der Waals surface area contributed by atoms with E-state index in [4.69, 9.17) is 23.9 Å². The molecule has 0 aliphatic heterocycles. The Balaban J connectivity index is 2.88. The van der Waals surface area contributed by atoms with Crippen molar-refractivity contribution in [1.82, 2.24) is 9.78 Å². The number of aryl methyl sites for hydroxylation is 1. The molecule has 9 heteroatoms. The molecule has 0 spiro atoms. The lowest BCUT2D eigenvalue weighted by molar-refractivity contribution is -0.383. The summed E-state index contributed by atoms with van der Waals surface area (Å²) in [5.41, 5.74) is 6.20. The standard InChI is InChI=1S/C11H7ClIN5O2/c1-15-6-3-7(18(19)20)10(14)9(12)8(6)11-5(13)4-16-17(11)2/h3-4H,14H2,2H3. The van der Waals surface area contributed by atoms with Gasteiger partial charge in [-0.2, -0.15) is 5.10 Å². The summed E-state index contributed by atoms with van der Waals surface area (Å²) in [6.07, 6.45) is 1.61. The number of nitrogens with two attached hydrogens (primary N) is 1. The van der Waals surface area contributed by atoms with Crippen molar-refractivity contribution in [2.75, 3.05) is 5.73 Å². The van der Waals surface area contributed by atoms with Gasteiger partial charge in [0.15, 0.2) is 0 Å². The molecular formula is C11H7ClIN5O2. The van der Waals surface area contributed by atoms with E-state index in [9.17, 15) is 10.1 Å². The highest BCUT2D eigenvalue weighted by Gasteiger charge is 2.25. The van der Waals surface area contributed by atoms with Crippen molar-refractivity contribution >= 4 is 51.3 Å². The van der Waals surface area contributed by atoms with Gasteiger partial charge in [-0.25, -0.2) is 4.85 Å². The number of nitrogen functional groups attached to an aromatic ring is 1. The minimum Gasteiger partial charge on any atom is -0.392 e. The van der Waals surface area contributed by atoms with Crippen molar-refractivity contribution in [1.29, 1.82) is 0 Å². The first-order valence-electron chi connectivity index (χ1n) is 5.20. The predicted molar refractivity (Wildman–Crippen MR) is 83.7 cm³/mol. The van der Waals surface area contributed by atoms with E-state index >= 15 is 0 Å². The Hall–Kier alpha value is -1.86. The predicted octanol–water partition coefficient (Wildman–Crippen LogP) is 3.39. The van der Waals surface area contributed by atoms with Crippen LogP contribution in [-0.2, 0) is 7.05 Å². The van der Waals surface area contributed by atoms with Crippen LogP contribution in [0.3, 0.4) is 0 Å². The first-order chi connectivity index (χ1) is 9.38. The average molecular weight is 404 g/mol. The molecular weight excluding hydrogens is 397 g/mol. The molecule has 0 atom stereocenters. The van der Waals surface area contributed by atoms with E-state index in [0.717, 1.165) is 9.64 Å². The molecule has 102 valence electrons. The van der Waals surface area contributed by atoms with Gasteiger partial charge in [0.1, 0.15) is 5.69 Å². The number of nitro benzene ring substituents is 1. The van der Waals surface area contributed by atoms with Crippen LogP contribution in [0.1, 0.15) is 0 Å². The molecule has 1 aromatic carbocycles. The van der Waals surface area contributed by atoms with Gasteiger partial charge in [-0.3, -0.25) is 14.8 Å². The first-order valence-corrected chi connectivity index (χ1v) is 6.65. The number of halogens is 2. The molecule has 2 aromatic rings. The quantitative estimate of drug-likeness (QED) is 0.274. The van der Waals surface area contributed by atoms with Gasteiger partial charge in [-0.15, -0.1) is 0 Å². The molecule has 2 rings (SSSR count). The highest BCUT2D eigenvalue weighted by molar-refractivity contribution is 14.1. The summed E-state index contributed by atoms with van der Waals surface area (Å²) in [7, 11) is 1.69. The normalized spacial score (nSPS) is 10.3. The van der Waals surface area contributed by atoms with Gasteiger partial charge in [0.05, 0.1) is 32.0 Å². The van der Waals surface area contributed by atoms with Crippen LogP contribution in [0.5, 0.6) is 0 Å². The fourth-order valence-electron chi connectivity index (χ4n) is 1.80. The summed E-state index contributed by atoms with van der Waals surface area (Å²) in [6.45, 7) is 7.20. The topological polar surface area (TPSA) is 91.3 Å². The second-order valence-electron chi connectivity index (χ2n) is 3.85. The van der Waals surface area contributed by atoms with Gasteiger partial charge in [0.25, 0.3) is 5.69 Å². The zero-order valence-corrected chi connectivity index (χ0v) is 13.0. The molecule has 0 saturated carbocycles. The number of aromatic nitrogens is 2. The molecule has 0 fully saturated rings. The Kier molecular flexibility index (Phi) is 3.82. The van der Waals surface area contributed by atoms with Crippen LogP contribution in [0, 0.1) is 20.3 Å².